The van der Waals surface area contributed by atoms with Crippen LogP contribution in [0.1, 0.15) is 5.01 Å². The van der Waals surface area contributed by atoms with Gasteiger partial charge in [0.2, 0.25) is 0 Å². The first-order chi connectivity index (χ1) is 7.16. The normalized spacial score (nSPS) is 10.4. The van der Waals surface area contributed by atoms with Crippen molar-refractivity contribution in [2.45, 2.75) is 6.42 Å². The first-order valence-electron chi connectivity index (χ1n) is 4.34. The van der Waals surface area contributed by atoms with E-state index in [2.05, 4.69) is 4.98 Å². The molecule has 1 heterocycles. The number of thiocarbonyl (C=S) groups is 1. The van der Waals surface area contributed by atoms with E-state index in [0.717, 1.165) is 15.2 Å². The van der Waals surface area contributed by atoms with Gasteiger partial charge in [-0.15, -0.1) is 11.3 Å². The summed E-state index contributed by atoms with van der Waals surface area (Å²) in [6.45, 7) is 0. The molecule has 0 saturated carbocycles. The zero-order valence-corrected chi connectivity index (χ0v) is 9.40. The van der Waals surface area contributed by atoms with Crippen molar-refractivity contribution >= 4 is 44.5 Å². The number of nitrogens with zero attached hydrogens (tertiary/aromatic N) is 1. The van der Waals surface area contributed by atoms with Gasteiger partial charge < -0.3 is 5.73 Å². The summed E-state index contributed by atoms with van der Waals surface area (Å²) in [4.78, 5) is 15.4. The molecular formula is C10H8N2OS2. The van der Waals surface area contributed by atoms with E-state index in [9.17, 15) is 4.79 Å². The van der Waals surface area contributed by atoms with E-state index < -0.39 is 5.91 Å². The summed E-state index contributed by atoms with van der Waals surface area (Å²) < 4.78 is 1.10. The lowest BCUT2D eigenvalue weighted by Crippen LogP contribution is -2.22. The molecule has 15 heavy (non-hydrogen) atoms. The Balaban J connectivity index is 2.30. The van der Waals surface area contributed by atoms with Gasteiger partial charge in [-0.25, -0.2) is 4.98 Å². The molecule has 1 aromatic carbocycles. The van der Waals surface area contributed by atoms with Crippen molar-refractivity contribution in [3.63, 3.8) is 0 Å². The summed E-state index contributed by atoms with van der Waals surface area (Å²) in [6, 6.07) is 7.81. The largest absolute Gasteiger partial charge is 0.365 e. The maximum absolute atomic E-state index is 10.8. The number of benzene rings is 1. The standard InChI is InChI=1S/C10H8N2OS2/c11-10(13)7(14)5-9-12-6-3-1-2-4-8(6)15-9/h1-4H,5H2,(H2,11,13). The fourth-order valence-corrected chi connectivity index (χ4v) is 2.43. The molecule has 3 nitrogen and oxygen atoms in total. The van der Waals surface area contributed by atoms with Crippen molar-refractivity contribution in [2.24, 2.45) is 5.73 Å². The van der Waals surface area contributed by atoms with Gasteiger partial charge in [0.25, 0.3) is 5.91 Å². The number of thiazole rings is 1. The van der Waals surface area contributed by atoms with Gasteiger partial charge in [0.05, 0.1) is 20.1 Å². The molecule has 2 rings (SSSR count). The Kier molecular flexibility index (Phi) is 2.75. The average Bonchev–Trinajstić information content (AvgIpc) is 2.59. The molecule has 0 aliphatic carbocycles. The zero-order chi connectivity index (χ0) is 10.8. The van der Waals surface area contributed by atoms with Crippen LogP contribution >= 0.6 is 23.6 Å². The van der Waals surface area contributed by atoms with Crippen molar-refractivity contribution in [1.82, 2.24) is 4.98 Å². The molecule has 0 saturated heterocycles. The number of hydrogen-bond donors (Lipinski definition) is 1. The van der Waals surface area contributed by atoms with Crippen LogP contribution < -0.4 is 5.73 Å². The highest BCUT2D eigenvalue weighted by Gasteiger charge is 2.09. The van der Waals surface area contributed by atoms with E-state index in [1.807, 2.05) is 24.3 Å². The Morgan fingerprint density at radius 3 is 2.87 bits per heavy atom. The molecule has 76 valence electrons. The number of hydrogen-bond acceptors (Lipinski definition) is 4. The van der Waals surface area contributed by atoms with Gasteiger partial charge in [0.1, 0.15) is 0 Å². The number of rotatable bonds is 3. The van der Waals surface area contributed by atoms with Crippen LogP contribution in [-0.2, 0) is 11.2 Å². The molecule has 1 amide bonds. The van der Waals surface area contributed by atoms with E-state index in [1.54, 1.807) is 0 Å². The van der Waals surface area contributed by atoms with E-state index >= 15 is 0 Å². The van der Waals surface area contributed by atoms with E-state index in [1.165, 1.54) is 11.3 Å². The van der Waals surface area contributed by atoms with Crippen LogP contribution in [0.2, 0.25) is 0 Å². The van der Waals surface area contributed by atoms with Crippen molar-refractivity contribution in [1.29, 1.82) is 0 Å². The highest BCUT2D eigenvalue weighted by atomic mass is 32.1. The van der Waals surface area contributed by atoms with Crippen LogP contribution in [-0.4, -0.2) is 15.8 Å². The number of amides is 1. The van der Waals surface area contributed by atoms with Gasteiger partial charge in [0.15, 0.2) is 0 Å². The lowest BCUT2D eigenvalue weighted by Gasteiger charge is -1.92. The third-order valence-electron chi connectivity index (χ3n) is 1.92. The smallest absolute Gasteiger partial charge is 0.255 e. The van der Waals surface area contributed by atoms with Crippen molar-refractivity contribution in [2.75, 3.05) is 0 Å². The molecule has 2 N–H and O–H groups in total. The number of para-hydroxylation sites is 1. The summed E-state index contributed by atoms with van der Waals surface area (Å²) >= 11 is 6.39. The second-order valence-corrected chi connectivity index (χ2v) is 4.65. The van der Waals surface area contributed by atoms with Crippen LogP contribution in [0, 0.1) is 0 Å². The number of aromatic nitrogens is 1. The lowest BCUT2D eigenvalue weighted by molar-refractivity contribution is -0.111. The first kappa shape index (κ1) is 10.2. The number of carbonyl (C=O) groups is 1. The monoisotopic (exact) mass is 236 g/mol. The topological polar surface area (TPSA) is 56.0 Å². The minimum atomic E-state index is -0.538. The molecule has 0 unspecified atom stereocenters. The Morgan fingerprint density at radius 1 is 1.47 bits per heavy atom. The summed E-state index contributed by atoms with van der Waals surface area (Å²) in [6.07, 6.45) is 0.365. The summed E-state index contributed by atoms with van der Waals surface area (Å²) in [5.74, 6) is -0.538. The van der Waals surface area contributed by atoms with Gasteiger partial charge >= 0.3 is 0 Å². The van der Waals surface area contributed by atoms with Crippen LogP contribution in [0.15, 0.2) is 24.3 Å². The van der Waals surface area contributed by atoms with Gasteiger partial charge in [0, 0.05) is 6.42 Å². The Hall–Kier alpha value is -1.33. The van der Waals surface area contributed by atoms with Crippen LogP contribution in [0.5, 0.6) is 0 Å². The Bertz CT molecular complexity index is 500. The van der Waals surface area contributed by atoms with Gasteiger partial charge in [-0.3, -0.25) is 4.79 Å². The van der Waals surface area contributed by atoms with Crippen molar-refractivity contribution in [3.05, 3.63) is 29.3 Å². The zero-order valence-electron chi connectivity index (χ0n) is 7.77. The lowest BCUT2D eigenvalue weighted by atomic mass is 10.3. The molecule has 2 aromatic rings. The molecule has 0 aliphatic rings. The maximum atomic E-state index is 10.8. The molecule has 0 radical (unpaired) electrons. The third-order valence-corrected chi connectivity index (χ3v) is 3.31. The highest BCUT2D eigenvalue weighted by Crippen LogP contribution is 2.21. The number of carbonyl (C=O) groups excluding carboxylic acids is 1. The summed E-state index contributed by atoms with van der Waals surface area (Å²) in [5, 5.41) is 0.833. The van der Waals surface area contributed by atoms with Gasteiger partial charge in [-0.1, -0.05) is 24.4 Å². The quantitative estimate of drug-likeness (QED) is 0.825. The van der Waals surface area contributed by atoms with Gasteiger partial charge in [-0.2, -0.15) is 0 Å². The molecule has 5 heteroatoms. The summed E-state index contributed by atoms with van der Waals surface area (Å²) in [7, 11) is 0. The average molecular weight is 236 g/mol. The molecule has 0 fully saturated rings. The van der Waals surface area contributed by atoms with E-state index in [0.29, 0.717) is 6.42 Å². The van der Waals surface area contributed by atoms with E-state index in [-0.39, 0.29) is 4.86 Å². The van der Waals surface area contributed by atoms with Crippen molar-refractivity contribution in [3.8, 4) is 0 Å². The van der Waals surface area contributed by atoms with Crippen LogP contribution in [0.3, 0.4) is 0 Å². The minimum Gasteiger partial charge on any atom is -0.365 e. The Morgan fingerprint density at radius 2 is 2.20 bits per heavy atom. The highest BCUT2D eigenvalue weighted by molar-refractivity contribution is 7.82. The molecule has 0 bridgehead atoms. The Labute approximate surface area is 95.9 Å². The van der Waals surface area contributed by atoms with Crippen molar-refractivity contribution < 1.29 is 4.79 Å². The molecular weight excluding hydrogens is 228 g/mol. The van der Waals surface area contributed by atoms with Gasteiger partial charge in [-0.05, 0) is 12.1 Å². The number of fused-ring (bicyclic) bond motifs is 1. The minimum absolute atomic E-state index is 0.231. The molecule has 1 aromatic heterocycles. The van der Waals surface area contributed by atoms with E-state index in [4.69, 9.17) is 18.0 Å². The fraction of sp³-hybridized carbons (Fsp3) is 0.100. The second-order valence-electron chi connectivity index (χ2n) is 3.04. The summed E-state index contributed by atoms with van der Waals surface area (Å²) in [5.41, 5.74) is 6.01. The first-order valence-corrected chi connectivity index (χ1v) is 5.56. The molecule has 0 aliphatic heterocycles. The van der Waals surface area contributed by atoms with Crippen LogP contribution in [0.25, 0.3) is 10.2 Å². The fourth-order valence-electron chi connectivity index (χ4n) is 1.22. The SMILES string of the molecule is NC(=O)C(=S)Cc1nc2ccccc2s1. The molecule has 0 atom stereocenters. The number of nitrogens with two attached hydrogens (primary N) is 1. The molecule has 0 spiro atoms. The predicted molar refractivity (Wildman–Crippen MR) is 65.1 cm³/mol. The third kappa shape index (κ3) is 2.19. The van der Waals surface area contributed by atoms with Crippen LogP contribution in [0.4, 0.5) is 0 Å². The maximum Gasteiger partial charge on any atom is 0.255 e. The number of primary amides is 1. The predicted octanol–water partition coefficient (Wildman–Crippen LogP) is 1.69. The second kappa shape index (κ2) is 4.04.